The molecule has 2 nitrogen and oxygen atoms in total. The summed E-state index contributed by atoms with van der Waals surface area (Å²) in [5.74, 6) is -0.0274. The smallest absolute Gasteiger partial charge is 0.168 e. The van der Waals surface area contributed by atoms with Crippen molar-refractivity contribution in [1.82, 2.24) is 10.2 Å². The van der Waals surface area contributed by atoms with Gasteiger partial charge in [0.25, 0.3) is 0 Å². The second kappa shape index (κ2) is 9.38. The van der Waals surface area contributed by atoms with Crippen LogP contribution in [0, 0.1) is 23.5 Å². The number of nitrogens with zero attached hydrogens (tertiary/aromatic N) is 2. The molecule has 1 aromatic carbocycles. The standard InChI is InChI=1S/C23H30F2N2/c1-3-5-19-13-15-21(27-26-19)20-14-12-18(22(24)23(20)25)11-10-17-8-6-16(4-2)7-9-17/h12-17H,3-11H2,1-2H3. The maximum absolute atomic E-state index is 14.6. The van der Waals surface area contributed by atoms with Gasteiger partial charge in [-0.2, -0.15) is 10.2 Å². The van der Waals surface area contributed by atoms with Crippen molar-refractivity contribution in [1.29, 1.82) is 0 Å². The molecule has 27 heavy (non-hydrogen) atoms. The highest BCUT2D eigenvalue weighted by Gasteiger charge is 2.21. The third-order valence-electron chi connectivity index (χ3n) is 6.03. The maximum atomic E-state index is 14.6. The predicted molar refractivity (Wildman–Crippen MR) is 105 cm³/mol. The van der Waals surface area contributed by atoms with Gasteiger partial charge < -0.3 is 0 Å². The van der Waals surface area contributed by atoms with Crippen LogP contribution in [0.2, 0.25) is 0 Å². The summed E-state index contributed by atoms with van der Waals surface area (Å²) in [7, 11) is 0. The molecule has 1 fully saturated rings. The van der Waals surface area contributed by atoms with E-state index in [9.17, 15) is 8.78 Å². The van der Waals surface area contributed by atoms with Crippen LogP contribution in [-0.4, -0.2) is 10.2 Å². The van der Waals surface area contributed by atoms with E-state index < -0.39 is 11.6 Å². The Morgan fingerprint density at radius 3 is 2.22 bits per heavy atom. The summed E-state index contributed by atoms with van der Waals surface area (Å²) >= 11 is 0. The van der Waals surface area contributed by atoms with Gasteiger partial charge in [0, 0.05) is 5.56 Å². The molecule has 0 unspecified atom stereocenters. The van der Waals surface area contributed by atoms with Crippen LogP contribution in [0.25, 0.3) is 11.3 Å². The molecule has 0 aliphatic heterocycles. The van der Waals surface area contributed by atoms with Gasteiger partial charge >= 0.3 is 0 Å². The third kappa shape index (κ3) is 4.91. The highest BCUT2D eigenvalue weighted by atomic mass is 19.2. The van der Waals surface area contributed by atoms with Gasteiger partial charge in [0.2, 0.25) is 0 Å². The normalized spacial score (nSPS) is 20.0. The molecule has 146 valence electrons. The molecular weight excluding hydrogens is 342 g/mol. The summed E-state index contributed by atoms with van der Waals surface area (Å²) in [4.78, 5) is 0. The number of hydrogen-bond acceptors (Lipinski definition) is 2. The number of benzene rings is 1. The topological polar surface area (TPSA) is 25.8 Å². The second-order valence-corrected chi connectivity index (χ2v) is 7.89. The van der Waals surface area contributed by atoms with Crippen molar-refractivity contribution in [2.45, 2.75) is 71.6 Å². The molecule has 4 heteroatoms. The van der Waals surface area contributed by atoms with E-state index in [0.717, 1.165) is 30.9 Å². The number of aryl methyl sites for hydroxylation is 2. The molecule has 1 aromatic heterocycles. The molecular formula is C23H30F2N2. The van der Waals surface area contributed by atoms with E-state index in [1.54, 1.807) is 18.2 Å². The lowest BCUT2D eigenvalue weighted by molar-refractivity contribution is 0.258. The maximum Gasteiger partial charge on any atom is 0.168 e. The largest absolute Gasteiger partial charge is 0.203 e. The molecule has 1 aliphatic rings. The van der Waals surface area contributed by atoms with Crippen LogP contribution in [-0.2, 0) is 12.8 Å². The van der Waals surface area contributed by atoms with Crippen molar-refractivity contribution < 1.29 is 8.78 Å². The molecule has 0 bridgehead atoms. The number of aromatic nitrogens is 2. The molecule has 0 amide bonds. The van der Waals surface area contributed by atoms with Gasteiger partial charge in [-0.15, -0.1) is 0 Å². The van der Waals surface area contributed by atoms with Gasteiger partial charge in [0.15, 0.2) is 11.6 Å². The van der Waals surface area contributed by atoms with Gasteiger partial charge in [0.05, 0.1) is 11.4 Å². The van der Waals surface area contributed by atoms with Crippen LogP contribution in [0.15, 0.2) is 24.3 Å². The van der Waals surface area contributed by atoms with E-state index in [4.69, 9.17) is 0 Å². The number of hydrogen-bond donors (Lipinski definition) is 0. The highest BCUT2D eigenvalue weighted by molar-refractivity contribution is 5.60. The van der Waals surface area contributed by atoms with Crippen LogP contribution >= 0.6 is 0 Å². The van der Waals surface area contributed by atoms with Crippen LogP contribution in [0.1, 0.15) is 70.1 Å². The molecule has 0 N–H and O–H groups in total. The molecule has 0 saturated heterocycles. The Morgan fingerprint density at radius 2 is 1.59 bits per heavy atom. The average Bonchev–Trinajstić information content (AvgIpc) is 2.70. The van der Waals surface area contributed by atoms with E-state index in [2.05, 4.69) is 24.0 Å². The average molecular weight is 373 g/mol. The van der Waals surface area contributed by atoms with Crippen LogP contribution < -0.4 is 0 Å². The lowest BCUT2D eigenvalue weighted by Gasteiger charge is -2.27. The van der Waals surface area contributed by atoms with Crippen molar-refractivity contribution >= 4 is 0 Å². The molecule has 1 aliphatic carbocycles. The third-order valence-corrected chi connectivity index (χ3v) is 6.03. The minimum Gasteiger partial charge on any atom is -0.203 e. The number of rotatable bonds is 7. The van der Waals surface area contributed by atoms with E-state index >= 15 is 0 Å². The van der Waals surface area contributed by atoms with Crippen LogP contribution in [0.4, 0.5) is 8.78 Å². The first-order chi connectivity index (χ1) is 13.1. The molecule has 1 heterocycles. The zero-order valence-electron chi connectivity index (χ0n) is 16.5. The van der Waals surface area contributed by atoms with Crippen LogP contribution in [0.5, 0.6) is 0 Å². The SMILES string of the molecule is CCCc1ccc(-c2ccc(CCC3CCC(CC)CC3)c(F)c2F)nn1. The fraction of sp³-hybridized carbons (Fsp3) is 0.565. The Balaban J connectivity index is 1.66. The Morgan fingerprint density at radius 1 is 0.852 bits per heavy atom. The number of halogens is 2. The lowest BCUT2D eigenvalue weighted by Crippen LogP contribution is -2.14. The Bertz CT molecular complexity index is 735. The van der Waals surface area contributed by atoms with E-state index in [1.165, 1.54) is 32.1 Å². The molecule has 1 saturated carbocycles. The second-order valence-electron chi connectivity index (χ2n) is 7.89. The van der Waals surface area contributed by atoms with E-state index in [1.807, 2.05) is 6.07 Å². The first-order valence-electron chi connectivity index (χ1n) is 10.4. The summed E-state index contributed by atoms with van der Waals surface area (Å²) in [5.41, 5.74) is 1.92. The monoisotopic (exact) mass is 372 g/mol. The first kappa shape index (κ1) is 19.9. The lowest BCUT2D eigenvalue weighted by atomic mass is 9.78. The summed E-state index contributed by atoms with van der Waals surface area (Å²) in [5, 5.41) is 8.19. The molecule has 2 aromatic rings. The van der Waals surface area contributed by atoms with Crippen molar-refractivity contribution in [2.75, 3.05) is 0 Å². The van der Waals surface area contributed by atoms with Gasteiger partial charge in [-0.25, -0.2) is 8.78 Å². The first-order valence-corrected chi connectivity index (χ1v) is 10.4. The Labute approximate surface area is 161 Å². The Hall–Kier alpha value is -1.84. The summed E-state index contributed by atoms with van der Waals surface area (Å²) in [6, 6.07) is 6.92. The molecule has 3 rings (SSSR count). The highest BCUT2D eigenvalue weighted by Crippen LogP contribution is 2.34. The zero-order valence-corrected chi connectivity index (χ0v) is 16.5. The Kier molecular flexibility index (Phi) is 6.92. The summed E-state index contributed by atoms with van der Waals surface area (Å²) < 4.78 is 29.2. The van der Waals surface area contributed by atoms with Crippen molar-refractivity contribution in [3.05, 3.63) is 47.2 Å². The van der Waals surface area contributed by atoms with Crippen molar-refractivity contribution in [3.63, 3.8) is 0 Å². The summed E-state index contributed by atoms with van der Waals surface area (Å²) in [6.07, 6.45) is 9.63. The fourth-order valence-corrected chi connectivity index (χ4v) is 4.16. The van der Waals surface area contributed by atoms with Gasteiger partial charge in [-0.05, 0) is 54.9 Å². The molecule has 0 spiro atoms. The predicted octanol–water partition coefficient (Wildman–Crippen LogP) is 6.52. The van der Waals surface area contributed by atoms with E-state index in [-0.39, 0.29) is 5.56 Å². The van der Waals surface area contributed by atoms with E-state index in [0.29, 0.717) is 23.6 Å². The quantitative estimate of drug-likeness (QED) is 0.553. The van der Waals surface area contributed by atoms with Gasteiger partial charge in [0.1, 0.15) is 0 Å². The minimum atomic E-state index is -0.806. The fourth-order valence-electron chi connectivity index (χ4n) is 4.16. The minimum absolute atomic E-state index is 0.190. The van der Waals surface area contributed by atoms with Crippen LogP contribution in [0.3, 0.4) is 0 Å². The molecule has 0 atom stereocenters. The van der Waals surface area contributed by atoms with Gasteiger partial charge in [-0.3, -0.25) is 0 Å². The van der Waals surface area contributed by atoms with Crippen molar-refractivity contribution in [3.8, 4) is 11.3 Å². The molecule has 0 radical (unpaired) electrons. The van der Waals surface area contributed by atoms with Crippen molar-refractivity contribution in [2.24, 2.45) is 11.8 Å². The van der Waals surface area contributed by atoms with Gasteiger partial charge in [-0.1, -0.05) is 58.4 Å². The summed E-state index contributed by atoms with van der Waals surface area (Å²) in [6.45, 7) is 4.32. The zero-order chi connectivity index (χ0) is 19.2.